The van der Waals surface area contributed by atoms with E-state index >= 15 is 0 Å². The smallest absolute Gasteiger partial charge is 0.305 e. The summed E-state index contributed by atoms with van der Waals surface area (Å²) < 4.78 is 18.5. The van der Waals surface area contributed by atoms with Gasteiger partial charge in [-0.15, -0.1) is 10.2 Å². The second-order valence-electron chi connectivity index (χ2n) is 5.31. The van der Waals surface area contributed by atoms with Crippen molar-refractivity contribution in [2.24, 2.45) is 14.1 Å². The van der Waals surface area contributed by atoms with E-state index in [4.69, 9.17) is 11.6 Å². The van der Waals surface area contributed by atoms with Crippen LogP contribution >= 0.6 is 11.6 Å². The van der Waals surface area contributed by atoms with Gasteiger partial charge in [-0.2, -0.15) is 0 Å². The quantitative estimate of drug-likeness (QED) is 0.557. The van der Waals surface area contributed by atoms with E-state index in [9.17, 15) is 14.0 Å². The Bertz CT molecular complexity index is 1230. The van der Waals surface area contributed by atoms with E-state index in [-0.39, 0.29) is 33.4 Å². The van der Waals surface area contributed by atoms with Crippen molar-refractivity contribution < 1.29 is 4.39 Å². The highest BCUT2D eigenvalue weighted by molar-refractivity contribution is 6.33. The fourth-order valence-corrected chi connectivity index (χ4v) is 3.06. The molecule has 0 saturated heterocycles. The van der Waals surface area contributed by atoms with Crippen molar-refractivity contribution in [1.29, 1.82) is 0 Å². The largest absolute Gasteiger partial charge is 0.329 e. The highest BCUT2D eigenvalue weighted by atomic mass is 35.5. The zero-order valence-electron chi connectivity index (χ0n) is 12.5. The van der Waals surface area contributed by atoms with Crippen LogP contribution in [0.3, 0.4) is 0 Å². The maximum Gasteiger partial charge on any atom is 0.329 e. The van der Waals surface area contributed by atoms with E-state index in [1.807, 2.05) is 0 Å². The van der Waals surface area contributed by atoms with Crippen molar-refractivity contribution in [2.75, 3.05) is 0 Å². The molecule has 0 aliphatic carbocycles. The molecule has 0 radical (unpaired) electrons. The van der Waals surface area contributed by atoms with Gasteiger partial charge < -0.3 is 4.57 Å². The van der Waals surface area contributed by atoms with Crippen LogP contribution in [0.4, 0.5) is 4.39 Å². The minimum absolute atomic E-state index is 0.0481. The van der Waals surface area contributed by atoms with E-state index in [1.165, 1.54) is 38.8 Å². The van der Waals surface area contributed by atoms with E-state index in [0.29, 0.717) is 0 Å². The first-order valence-corrected chi connectivity index (χ1v) is 7.27. The highest BCUT2D eigenvalue weighted by Crippen LogP contribution is 2.31. The van der Waals surface area contributed by atoms with Gasteiger partial charge in [-0.3, -0.25) is 14.3 Å². The van der Waals surface area contributed by atoms with Gasteiger partial charge in [0, 0.05) is 14.1 Å². The fraction of sp³-hybridized carbons (Fsp3) is 0.143. The molecule has 122 valence electrons. The molecule has 0 atom stereocenters. The zero-order valence-corrected chi connectivity index (χ0v) is 13.3. The molecule has 0 fully saturated rings. The van der Waals surface area contributed by atoms with Gasteiger partial charge in [-0.1, -0.05) is 17.7 Å². The van der Waals surface area contributed by atoms with E-state index in [2.05, 4.69) is 15.2 Å². The topological polar surface area (TPSA) is 90.0 Å². The molecule has 0 bridgehead atoms. The van der Waals surface area contributed by atoms with Crippen LogP contribution in [0.25, 0.3) is 28.3 Å². The first-order valence-electron chi connectivity index (χ1n) is 6.89. The van der Waals surface area contributed by atoms with Crippen LogP contribution in [0, 0.1) is 5.82 Å². The summed E-state index contributed by atoms with van der Waals surface area (Å²) in [5, 5.41) is 8.16. The van der Waals surface area contributed by atoms with E-state index < -0.39 is 17.1 Å². The molecule has 0 amide bonds. The first kappa shape index (κ1) is 14.6. The van der Waals surface area contributed by atoms with Crippen LogP contribution in [0.1, 0.15) is 0 Å². The molecule has 0 saturated carbocycles. The lowest BCUT2D eigenvalue weighted by Crippen LogP contribution is -2.29. The summed E-state index contributed by atoms with van der Waals surface area (Å²) in [5.74, 6) is -0.186. The minimum Gasteiger partial charge on any atom is -0.305 e. The third kappa shape index (κ3) is 1.72. The molecule has 10 heteroatoms. The summed E-state index contributed by atoms with van der Waals surface area (Å²) in [6.07, 6.45) is 0. The van der Waals surface area contributed by atoms with Crippen LogP contribution in [-0.2, 0) is 14.1 Å². The maximum absolute atomic E-state index is 14.3. The Hall–Kier alpha value is -2.94. The minimum atomic E-state index is -0.598. The number of aromatic amines is 1. The number of rotatable bonds is 1. The number of H-pyrrole nitrogens is 1. The number of benzene rings is 1. The summed E-state index contributed by atoms with van der Waals surface area (Å²) >= 11 is 6.12. The third-order valence-corrected chi connectivity index (χ3v) is 4.26. The van der Waals surface area contributed by atoms with Crippen molar-refractivity contribution >= 4 is 28.5 Å². The SMILES string of the molecule is Cn1c(=O)[nH]c(=O)c2c1n1c(-c3c(F)cccc3Cl)nnc1n2C. The Morgan fingerprint density at radius 1 is 1.17 bits per heavy atom. The second-order valence-corrected chi connectivity index (χ2v) is 5.71. The van der Waals surface area contributed by atoms with Gasteiger partial charge >= 0.3 is 5.69 Å². The summed E-state index contributed by atoms with van der Waals surface area (Å²) in [6.45, 7) is 0. The Morgan fingerprint density at radius 2 is 1.92 bits per heavy atom. The van der Waals surface area contributed by atoms with Gasteiger partial charge in [-0.05, 0) is 12.1 Å². The average molecular weight is 349 g/mol. The molecule has 8 nitrogen and oxygen atoms in total. The Kier molecular flexibility index (Phi) is 2.91. The number of hydrogen-bond acceptors (Lipinski definition) is 4. The summed E-state index contributed by atoms with van der Waals surface area (Å²) in [4.78, 5) is 26.3. The molecule has 0 spiro atoms. The van der Waals surface area contributed by atoms with Gasteiger partial charge in [0.25, 0.3) is 5.56 Å². The standard InChI is InChI=1S/C14H10ClFN6O2/c1-20-9-11(23)17-14(24)21(2)12(9)22-10(18-19-13(20)22)8-6(15)4-3-5-7(8)16/h3-5H,1-2H3,(H,17,23,24). The number of nitrogens with zero attached hydrogens (tertiary/aromatic N) is 5. The summed E-state index contributed by atoms with van der Waals surface area (Å²) in [7, 11) is 3.10. The molecule has 1 aromatic carbocycles. The van der Waals surface area contributed by atoms with Crippen LogP contribution in [0.5, 0.6) is 0 Å². The van der Waals surface area contributed by atoms with Crippen molar-refractivity contribution in [2.45, 2.75) is 0 Å². The number of nitrogens with one attached hydrogen (secondary N) is 1. The lowest BCUT2D eigenvalue weighted by molar-refractivity contribution is 0.630. The second kappa shape index (κ2) is 4.78. The molecule has 0 unspecified atom stereocenters. The third-order valence-electron chi connectivity index (χ3n) is 3.95. The molecule has 1 N–H and O–H groups in total. The fourth-order valence-electron chi connectivity index (χ4n) is 2.82. The number of hydrogen-bond donors (Lipinski definition) is 1. The van der Waals surface area contributed by atoms with Crippen molar-refractivity contribution in [3.8, 4) is 11.4 Å². The maximum atomic E-state index is 14.3. The number of imidazole rings is 1. The van der Waals surface area contributed by atoms with Crippen LogP contribution in [-0.4, -0.2) is 28.7 Å². The van der Waals surface area contributed by atoms with Crippen molar-refractivity contribution in [3.63, 3.8) is 0 Å². The first-order chi connectivity index (χ1) is 11.4. The van der Waals surface area contributed by atoms with Gasteiger partial charge in [0.05, 0.1) is 10.6 Å². The van der Waals surface area contributed by atoms with Crippen molar-refractivity contribution in [1.82, 2.24) is 28.7 Å². The van der Waals surface area contributed by atoms with Gasteiger partial charge in [-0.25, -0.2) is 13.6 Å². The molecule has 3 heterocycles. The molecule has 4 rings (SSSR count). The predicted octanol–water partition coefficient (Wildman–Crippen LogP) is 1.07. The normalized spacial score (nSPS) is 11.7. The monoisotopic (exact) mass is 348 g/mol. The summed E-state index contributed by atoms with van der Waals surface area (Å²) in [6, 6.07) is 4.25. The molecular formula is C14H10ClFN6O2. The number of fused-ring (bicyclic) bond motifs is 3. The molecular weight excluding hydrogens is 339 g/mol. The zero-order chi connectivity index (χ0) is 17.2. The molecule has 4 aromatic rings. The van der Waals surface area contributed by atoms with E-state index in [0.717, 1.165) is 0 Å². The highest BCUT2D eigenvalue weighted by Gasteiger charge is 2.23. The number of aromatic nitrogens is 6. The molecule has 0 aliphatic rings. The Morgan fingerprint density at radius 3 is 2.62 bits per heavy atom. The molecule has 24 heavy (non-hydrogen) atoms. The summed E-state index contributed by atoms with van der Waals surface area (Å²) in [5.41, 5.74) is -0.644. The lowest BCUT2D eigenvalue weighted by atomic mass is 10.2. The number of aryl methyl sites for hydroxylation is 2. The Balaban J connectivity index is 2.30. The Labute approximate surface area is 137 Å². The molecule has 0 aliphatic heterocycles. The van der Waals surface area contributed by atoms with Gasteiger partial charge in [0.15, 0.2) is 17.0 Å². The van der Waals surface area contributed by atoms with Crippen LogP contribution < -0.4 is 11.2 Å². The van der Waals surface area contributed by atoms with Gasteiger partial charge in [0.2, 0.25) is 5.78 Å². The van der Waals surface area contributed by atoms with Crippen LogP contribution in [0.2, 0.25) is 5.02 Å². The average Bonchev–Trinajstić information content (AvgIpc) is 3.05. The number of halogens is 2. The van der Waals surface area contributed by atoms with Crippen LogP contribution in [0.15, 0.2) is 27.8 Å². The van der Waals surface area contributed by atoms with Crippen molar-refractivity contribution in [3.05, 3.63) is 49.9 Å². The van der Waals surface area contributed by atoms with E-state index in [1.54, 1.807) is 7.05 Å². The lowest BCUT2D eigenvalue weighted by Gasteiger charge is -2.05. The molecule has 3 aromatic heterocycles. The predicted molar refractivity (Wildman–Crippen MR) is 85.7 cm³/mol. The van der Waals surface area contributed by atoms with Gasteiger partial charge in [0.1, 0.15) is 5.82 Å².